The number of amides is 2. The van der Waals surface area contributed by atoms with Gasteiger partial charge in [0.25, 0.3) is 5.91 Å². The topological polar surface area (TPSA) is 108 Å². The summed E-state index contributed by atoms with van der Waals surface area (Å²) in [6.07, 6.45) is -0.580. The van der Waals surface area contributed by atoms with Crippen molar-refractivity contribution >= 4 is 12.0 Å². The molecule has 7 heteroatoms. The molecule has 0 radical (unpaired) electrons. The Hall–Kier alpha value is -3.22. The lowest BCUT2D eigenvalue weighted by atomic mass is 10.2. The van der Waals surface area contributed by atoms with E-state index in [9.17, 15) is 19.8 Å². The van der Waals surface area contributed by atoms with Crippen molar-refractivity contribution in [1.82, 2.24) is 10.6 Å². The molecular formula is C17H18N2O5. The fourth-order valence-electron chi connectivity index (χ4n) is 1.94. The quantitative estimate of drug-likeness (QED) is 0.604. The molecule has 24 heavy (non-hydrogen) atoms. The van der Waals surface area contributed by atoms with Crippen LogP contribution in [0, 0.1) is 0 Å². The molecule has 0 atom stereocenters. The molecule has 0 heterocycles. The largest absolute Gasteiger partial charge is 0.508 e. The van der Waals surface area contributed by atoms with Crippen LogP contribution in [0.25, 0.3) is 0 Å². The van der Waals surface area contributed by atoms with Crippen molar-refractivity contribution in [2.45, 2.75) is 6.61 Å². The lowest BCUT2D eigenvalue weighted by Gasteiger charge is -2.08. The molecule has 2 rings (SSSR count). The standard InChI is InChI=1S/C17H18N2O5/c20-14-8-13(9-15(21)10-14)16(22)18-6-7-19-17(23)24-11-12-4-2-1-3-5-12/h1-5,8-10,20-21H,6-7,11H2,(H,18,22)(H,19,23). The van der Waals surface area contributed by atoms with Crippen LogP contribution < -0.4 is 10.6 Å². The van der Waals surface area contributed by atoms with E-state index in [1.54, 1.807) is 0 Å². The average molecular weight is 330 g/mol. The lowest BCUT2D eigenvalue weighted by molar-refractivity contribution is 0.0951. The van der Waals surface area contributed by atoms with Crippen molar-refractivity contribution in [3.63, 3.8) is 0 Å². The first-order valence-electron chi connectivity index (χ1n) is 7.30. The van der Waals surface area contributed by atoms with Gasteiger partial charge in [0.05, 0.1) is 0 Å². The minimum atomic E-state index is -0.580. The molecule has 0 unspecified atom stereocenters. The van der Waals surface area contributed by atoms with Gasteiger partial charge in [0, 0.05) is 24.7 Å². The summed E-state index contributed by atoms with van der Waals surface area (Å²) in [6, 6.07) is 12.9. The number of aromatic hydroxyl groups is 2. The van der Waals surface area contributed by atoms with Gasteiger partial charge in [-0.2, -0.15) is 0 Å². The van der Waals surface area contributed by atoms with Crippen LogP contribution in [0.4, 0.5) is 4.79 Å². The first-order chi connectivity index (χ1) is 11.5. The first kappa shape index (κ1) is 17.1. The van der Waals surface area contributed by atoms with Crippen molar-refractivity contribution in [2.75, 3.05) is 13.1 Å². The Kier molecular flexibility index (Phi) is 6.01. The van der Waals surface area contributed by atoms with Gasteiger partial charge in [-0.3, -0.25) is 4.79 Å². The van der Waals surface area contributed by atoms with Crippen molar-refractivity contribution in [1.29, 1.82) is 0 Å². The van der Waals surface area contributed by atoms with E-state index >= 15 is 0 Å². The fraction of sp³-hybridized carbons (Fsp3) is 0.176. The van der Waals surface area contributed by atoms with Gasteiger partial charge in [0.2, 0.25) is 0 Å². The second kappa shape index (κ2) is 8.42. The molecule has 0 fully saturated rings. The number of phenolic OH excluding ortho intramolecular Hbond substituents is 2. The third-order valence-electron chi connectivity index (χ3n) is 3.06. The normalized spacial score (nSPS) is 10.0. The number of rotatable bonds is 6. The third-order valence-corrected chi connectivity index (χ3v) is 3.06. The van der Waals surface area contributed by atoms with E-state index < -0.39 is 12.0 Å². The minimum Gasteiger partial charge on any atom is -0.508 e. The number of benzene rings is 2. The van der Waals surface area contributed by atoms with Crippen LogP contribution in [0.3, 0.4) is 0 Å². The van der Waals surface area contributed by atoms with E-state index in [4.69, 9.17) is 4.74 Å². The second-order valence-electron chi connectivity index (χ2n) is 4.98. The van der Waals surface area contributed by atoms with E-state index in [0.29, 0.717) is 0 Å². The highest BCUT2D eigenvalue weighted by Crippen LogP contribution is 2.20. The average Bonchev–Trinajstić information content (AvgIpc) is 2.56. The molecule has 0 aliphatic heterocycles. The van der Waals surface area contributed by atoms with Gasteiger partial charge in [0.15, 0.2) is 0 Å². The van der Waals surface area contributed by atoms with E-state index in [1.807, 2.05) is 30.3 Å². The van der Waals surface area contributed by atoms with Crippen LogP contribution >= 0.6 is 0 Å². The Bertz CT molecular complexity index is 683. The third kappa shape index (κ3) is 5.53. The molecule has 2 amide bonds. The van der Waals surface area contributed by atoms with Crippen LogP contribution in [0.5, 0.6) is 11.5 Å². The fourth-order valence-corrected chi connectivity index (χ4v) is 1.94. The second-order valence-corrected chi connectivity index (χ2v) is 4.98. The van der Waals surface area contributed by atoms with E-state index in [-0.39, 0.29) is 36.8 Å². The van der Waals surface area contributed by atoms with Gasteiger partial charge in [-0.25, -0.2) is 4.79 Å². The first-order valence-corrected chi connectivity index (χ1v) is 7.30. The van der Waals surface area contributed by atoms with E-state index in [1.165, 1.54) is 12.1 Å². The van der Waals surface area contributed by atoms with Crippen LogP contribution in [0.15, 0.2) is 48.5 Å². The van der Waals surface area contributed by atoms with Gasteiger partial charge in [0.1, 0.15) is 18.1 Å². The minimum absolute atomic E-state index is 0.124. The van der Waals surface area contributed by atoms with Crippen LogP contribution in [0.2, 0.25) is 0 Å². The summed E-state index contributed by atoms with van der Waals surface area (Å²) in [4.78, 5) is 23.3. The Morgan fingerprint density at radius 2 is 1.54 bits per heavy atom. The summed E-state index contributed by atoms with van der Waals surface area (Å²) >= 11 is 0. The molecule has 126 valence electrons. The van der Waals surface area contributed by atoms with Crippen molar-refractivity contribution in [3.8, 4) is 11.5 Å². The molecule has 0 aromatic heterocycles. The maximum absolute atomic E-state index is 11.8. The lowest BCUT2D eigenvalue weighted by Crippen LogP contribution is -2.34. The Labute approximate surface area is 138 Å². The van der Waals surface area contributed by atoms with E-state index in [2.05, 4.69) is 10.6 Å². The number of nitrogens with one attached hydrogen (secondary N) is 2. The molecule has 2 aromatic rings. The van der Waals surface area contributed by atoms with Crippen LogP contribution in [0.1, 0.15) is 15.9 Å². The van der Waals surface area contributed by atoms with Gasteiger partial charge in [-0.15, -0.1) is 0 Å². The van der Waals surface area contributed by atoms with Crippen molar-refractivity contribution in [2.24, 2.45) is 0 Å². The summed E-state index contributed by atoms with van der Waals surface area (Å²) in [7, 11) is 0. The number of carbonyl (C=O) groups is 2. The molecule has 4 N–H and O–H groups in total. The van der Waals surface area contributed by atoms with Crippen molar-refractivity contribution < 1.29 is 24.5 Å². The maximum atomic E-state index is 11.8. The highest BCUT2D eigenvalue weighted by molar-refractivity contribution is 5.95. The monoisotopic (exact) mass is 330 g/mol. The zero-order valence-electron chi connectivity index (χ0n) is 12.9. The van der Waals surface area contributed by atoms with E-state index in [0.717, 1.165) is 11.6 Å². The van der Waals surface area contributed by atoms with Gasteiger partial charge >= 0.3 is 6.09 Å². The zero-order chi connectivity index (χ0) is 17.4. The van der Waals surface area contributed by atoms with Crippen LogP contribution in [-0.4, -0.2) is 35.3 Å². The molecule has 0 bridgehead atoms. The summed E-state index contributed by atoms with van der Waals surface area (Å²) in [5, 5.41) is 23.7. The predicted octanol–water partition coefficient (Wildman–Crippen LogP) is 1.75. The molecule has 0 spiro atoms. The van der Waals surface area contributed by atoms with Gasteiger partial charge in [-0.05, 0) is 17.7 Å². The number of hydrogen-bond donors (Lipinski definition) is 4. The number of phenols is 2. The number of alkyl carbamates (subject to hydrolysis) is 1. The van der Waals surface area contributed by atoms with Crippen LogP contribution in [-0.2, 0) is 11.3 Å². The molecule has 0 aliphatic rings. The molecule has 0 aliphatic carbocycles. The summed E-state index contributed by atoms with van der Waals surface area (Å²) in [5.74, 6) is -0.883. The summed E-state index contributed by atoms with van der Waals surface area (Å²) in [5.41, 5.74) is 1.00. The smallest absolute Gasteiger partial charge is 0.407 e. The van der Waals surface area contributed by atoms with Gasteiger partial charge in [-0.1, -0.05) is 30.3 Å². The number of ether oxygens (including phenoxy) is 1. The highest BCUT2D eigenvalue weighted by atomic mass is 16.5. The SMILES string of the molecule is O=C(NCCNC(=O)c1cc(O)cc(O)c1)OCc1ccccc1. The number of carbonyl (C=O) groups excluding carboxylic acids is 2. The van der Waals surface area contributed by atoms with Crippen molar-refractivity contribution in [3.05, 3.63) is 59.7 Å². The summed E-state index contributed by atoms with van der Waals surface area (Å²) < 4.78 is 5.02. The molecule has 2 aromatic carbocycles. The number of hydrogen-bond acceptors (Lipinski definition) is 5. The Morgan fingerprint density at radius 1 is 0.917 bits per heavy atom. The zero-order valence-corrected chi connectivity index (χ0v) is 12.9. The molecule has 0 saturated carbocycles. The molecular weight excluding hydrogens is 312 g/mol. The summed E-state index contributed by atoms with van der Waals surface area (Å²) in [6.45, 7) is 0.529. The maximum Gasteiger partial charge on any atom is 0.407 e. The molecule has 7 nitrogen and oxygen atoms in total. The van der Waals surface area contributed by atoms with Gasteiger partial charge < -0.3 is 25.6 Å². The molecule has 0 saturated heterocycles. The Morgan fingerprint density at radius 3 is 2.21 bits per heavy atom. The highest BCUT2D eigenvalue weighted by Gasteiger charge is 2.08. The Balaban J connectivity index is 1.67. The predicted molar refractivity (Wildman–Crippen MR) is 86.7 cm³/mol.